The zero-order valence-corrected chi connectivity index (χ0v) is 11.8. The molecule has 0 aliphatic heterocycles. The van der Waals surface area contributed by atoms with E-state index in [9.17, 15) is 15.4 Å². The van der Waals surface area contributed by atoms with Crippen molar-refractivity contribution in [2.24, 2.45) is 0 Å². The lowest BCUT2D eigenvalue weighted by molar-refractivity contribution is -0.384. The summed E-state index contributed by atoms with van der Waals surface area (Å²) in [6.07, 6.45) is 0.695. The molecule has 0 spiro atoms. The van der Waals surface area contributed by atoms with E-state index in [4.69, 9.17) is 5.73 Å². The molecule has 0 unspecified atom stereocenters. The van der Waals surface area contributed by atoms with Gasteiger partial charge >= 0.3 is 0 Å². The Balaban J connectivity index is 2.72. The molecule has 1 heterocycles. The molecule has 0 fully saturated rings. The molecule has 6 heteroatoms. The van der Waals surface area contributed by atoms with E-state index in [2.05, 4.69) is 11.1 Å². The Morgan fingerprint density at radius 2 is 2.00 bits per heavy atom. The number of nitro benzene ring substituents is 1. The van der Waals surface area contributed by atoms with Gasteiger partial charge in [-0.25, -0.2) is 4.98 Å². The monoisotopic (exact) mass is 282 g/mol. The molecule has 0 bridgehead atoms. The lowest BCUT2D eigenvalue weighted by atomic mass is 9.93. The fourth-order valence-electron chi connectivity index (χ4n) is 2.38. The Morgan fingerprint density at radius 3 is 2.48 bits per heavy atom. The Hall–Kier alpha value is -2.94. The van der Waals surface area contributed by atoms with Gasteiger partial charge < -0.3 is 5.73 Å². The number of rotatable bonds is 3. The molecule has 21 heavy (non-hydrogen) atoms. The molecular weight excluding hydrogens is 268 g/mol. The van der Waals surface area contributed by atoms with Gasteiger partial charge in [-0.3, -0.25) is 10.1 Å². The Labute approximate surface area is 122 Å². The van der Waals surface area contributed by atoms with Gasteiger partial charge in [0.05, 0.1) is 4.92 Å². The number of aromatic nitrogens is 1. The standard InChI is InChI=1S/C15H14N4O2/c1-3-12-9(2)18-15(17)13(8-16)14(12)10-4-6-11(7-5-10)19(20)21/h4-7H,3H2,1-2H3,(H2,17,18). The van der Waals surface area contributed by atoms with Crippen LogP contribution in [0.5, 0.6) is 0 Å². The molecule has 0 aliphatic carbocycles. The Bertz CT molecular complexity index is 746. The van der Waals surface area contributed by atoms with Crippen LogP contribution in [0.1, 0.15) is 23.7 Å². The number of hydrogen-bond acceptors (Lipinski definition) is 5. The lowest BCUT2D eigenvalue weighted by Crippen LogP contribution is -2.05. The number of aryl methyl sites for hydroxylation is 1. The smallest absolute Gasteiger partial charge is 0.269 e. The second-order valence-electron chi connectivity index (χ2n) is 4.58. The molecule has 0 saturated carbocycles. The third-order valence-corrected chi connectivity index (χ3v) is 3.36. The normalized spacial score (nSPS) is 10.1. The van der Waals surface area contributed by atoms with Crippen molar-refractivity contribution in [3.63, 3.8) is 0 Å². The number of anilines is 1. The minimum atomic E-state index is -0.456. The van der Waals surface area contributed by atoms with Crippen LogP contribution in [0.3, 0.4) is 0 Å². The second kappa shape index (κ2) is 5.59. The maximum absolute atomic E-state index is 10.7. The highest BCUT2D eigenvalue weighted by Gasteiger charge is 2.17. The first-order chi connectivity index (χ1) is 9.99. The summed E-state index contributed by atoms with van der Waals surface area (Å²) in [5.74, 6) is 0.181. The van der Waals surface area contributed by atoms with Crippen LogP contribution in [0.2, 0.25) is 0 Å². The van der Waals surface area contributed by atoms with Crippen LogP contribution in [-0.2, 0) is 6.42 Å². The summed E-state index contributed by atoms with van der Waals surface area (Å²) >= 11 is 0. The molecule has 1 aromatic carbocycles. The summed E-state index contributed by atoms with van der Waals surface area (Å²) in [4.78, 5) is 14.5. The first-order valence-electron chi connectivity index (χ1n) is 6.43. The van der Waals surface area contributed by atoms with Crippen LogP contribution in [-0.4, -0.2) is 9.91 Å². The topological polar surface area (TPSA) is 106 Å². The molecule has 0 radical (unpaired) electrons. The predicted octanol–water partition coefficient (Wildman–Crippen LogP) is 2.98. The quantitative estimate of drug-likeness (QED) is 0.688. The van der Waals surface area contributed by atoms with Crippen LogP contribution in [0.25, 0.3) is 11.1 Å². The maximum atomic E-state index is 10.7. The highest BCUT2D eigenvalue weighted by Crippen LogP contribution is 2.33. The highest BCUT2D eigenvalue weighted by atomic mass is 16.6. The minimum absolute atomic E-state index is 0.00839. The Kier molecular flexibility index (Phi) is 3.85. The predicted molar refractivity (Wildman–Crippen MR) is 79.6 cm³/mol. The highest BCUT2D eigenvalue weighted by molar-refractivity contribution is 5.79. The van der Waals surface area contributed by atoms with E-state index in [1.54, 1.807) is 12.1 Å². The SMILES string of the molecule is CCc1c(C)nc(N)c(C#N)c1-c1ccc([N+](=O)[O-])cc1. The van der Waals surface area contributed by atoms with Gasteiger partial charge in [0, 0.05) is 23.4 Å². The molecule has 0 atom stereocenters. The maximum Gasteiger partial charge on any atom is 0.269 e. The summed E-state index contributed by atoms with van der Waals surface area (Å²) in [6.45, 7) is 3.81. The van der Waals surface area contributed by atoms with Gasteiger partial charge in [-0.2, -0.15) is 5.26 Å². The van der Waals surface area contributed by atoms with Crippen LogP contribution in [0.15, 0.2) is 24.3 Å². The number of nitriles is 1. The van der Waals surface area contributed by atoms with Gasteiger partial charge in [0.15, 0.2) is 0 Å². The third kappa shape index (κ3) is 2.54. The number of nitro groups is 1. The molecule has 0 saturated heterocycles. The third-order valence-electron chi connectivity index (χ3n) is 3.36. The number of benzene rings is 1. The summed E-state index contributed by atoms with van der Waals surface area (Å²) in [5.41, 5.74) is 9.28. The average molecular weight is 282 g/mol. The van der Waals surface area contributed by atoms with E-state index >= 15 is 0 Å². The van der Waals surface area contributed by atoms with Crippen molar-refractivity contribution < 1.29 is 4.92 Å². The number of hydrogen-bond donors (Lipinski definition) is 1. The fourth-order valence-corrected chi connectivity index (χ4v) is 2.38. The number of nitrogens with zero attached hydrogens (tertiary/aromatic N) is 3. The van der Waals surface area contributed by atoms with Gasteiger partial charge in [0.1, 0.15) is 17.5 Å². The largest absolute Gasteiger partial charge is 0.383 e. The van der Waals surface area contributed by atoms with E-state index < -0.39 is 4.92 Å². The van der Waals surface area contributed by atoms with E-state index in [0.717, 1.165) is 16.8 Å². The molecule has 2 aromatic rings. The molecular formula is C15H14N4O2. The summed E-state index contributed by atoms with van der Waals surface area (Å²) in [5, 5.41) is 20.1. The first-order valence-corrected chi connectivity index (χ1v) is 6.43. The van der Waals surface area contributed by atoms with Crippen molar-refractivity contribution in [2.45, 2.75) is 20.3 Å². The zero-order chi connectivity index (χ0) is 15.6. The van der Waals surface area contributed by atoms with E-state index in [0.29, 0.717) is 17.5 Å². The number of pyridine rings is 1. The van der Waals surface area contributed by atoms with Gasteiger partial charge in [-0.05, 0) is 36.6 Å². The molecule has 2 rings (SSSR count). The lowest BCUT2D eigenvalue weighted by Gasteiger charge is -2.14. The number of nitrogen functional groups attached to an aromatic ring is 1. The van der Waals surface area contributed by atoms with Crippen molar-refractivity contribution in [1.29, 1.82) is 5.26 Å². The number of non-ortho nitro benzene ring substituents is 1. The van der Waals surface area contributed by atoms with E-state index in [1.165, 1.54) is 12.1 Å². The molecule has 0 aliphatic rings. The summed E-state index contributed by atoms with van der Waals surface area (Å²) in [7, 11) is 0. The summed E-state index contributed by atoms with van der Waals surface area (Å²) in [6, 6.07) is 8.18. The first kappa shape index (κ1) is 14.5. The van der Waals surface area contributed by atoms with Crippen LogP contribution >= 0.6 is 0 Å². The van der Waals surface area contributed by atoms with Gasteiger partial charge in [-0.15, -0.1) is 0 Å². The van der Waals surface area contributed by atoms with Gasteiger partial charge in [0.2, 0.25) is 0 Å². The van der Waals surface area contributed by atoms with Gasteiger partial charge in [0.25, 0.3) is 5.69 Å². The second-order valence-corrected chi connectivity index (χ2v) is 4.58. The van der Waals surface area contributed by atoms with Crippen molar-refractivity contribution in [3.8, 4) is 17.2 Å². The van der Waals surface area contributed by atoms with Crippen molar-refractivity contribution in [1.82, 2.24) is 4.98 Å². The van der Waals surface area contributed by atoms with Crippen LogP contribution in [0, 0.1) is 28.4 Å². The van der Waals surface area contributed by atoms with Crippen LogP contribution in [0.4, 0.5) is 11.5 Å². The van der Waals surface area contributed by atoms with Crippen LogP contribution < -0.4 is 5.73 Å². The Morgan fingerprint density at radius 1 is 1.38 bits per heavy atom. The summed E-state index contributed by atoms with van der Waals surface area (Å²) < 4.78 is 0. The molecule has 2 N–H and O–H groups in total. The van der Waals surface area contributed by atoms with Crippen molar-refractivity contribution in [2.75, 3.05) is 5.73 Å². The zero-order valence-electron chi connectivity index (χ0n) is 11.8. The van der Waals surface area contributed by atoms with Crippen molar-refractivity contribution >= 4 is 11.5 Å². The molecule has 1 aromatic heterocycles. The fraction of sp³-hybridized carbons (Fsp3) is 0.200. The molecule has 0 amide bonds. The number of nitrogens with two attached hydrogens (primary N) is 1. The van der Waals surface area contributed by atoms with Crippen molar-refractivity contribution in [3.05, 3.63) is 51.2 Å². The molecule has 6 nitrogen and oxygen atoms in total. The minimum Gasteiger partial charge on any atom is -0.383 e. The van der Waals surface area contributed by atoms with Gasteiger partial charge in [-0.1, -0.05) is 6.92 Å². The molecule has 106 valence electrons. The average Bonchev–Trinajstić information content (AvgIpc) is 2.46. The van der Waals surface area contributed by atoms with E-state index in [-0.39, 0.29) is 11.5 Å². The van der Waals surface area contributed by atoms with E-state index in [1.807, 2.05) is 13.8 Å².